The largest absolute Gasteiger partial charge is 0.391 e. The summed E-state index contributed by atoms with van der Waals surface area (Å²) in [7, 11) is 0. The van der Waals surface area contributed by atoms with E-state index in [1.54, 1.807) is 0 Å². The first-order chi connectivity index (χ1) is 21.6. The zero-order chi connectivity index (χ0) is 30.1. The van der Waals surface area contributed by atoms with Gasteiger partial charge >= 0.3 is 0 Å². The molecule has 0 bridgehead atoms. The Morgan fingerprint density at radius 2 is 0.955 bits per heavy atom. The fourth-order valence-corrected chi connectivity index (χ4v) is 8.43. The van der Waals surface area contributed by atoms with E-state index in [-0.39, 0.29) is 0 Å². The van der Waals surface area contributed by atoms with Crippen LogP contribution >= 0.6 is 0 Å². The van der Waals surface area contributed by atoms with Crippen molar-refractivity contribution in [1.82, 2.24) is 26.6 Å². The molecular formula is C38H61N5O. The minimum atomic E-state index is 0.403. The van der Waals surface area contributed by atoms with E-state index in [2.05, 4.69) is 81.5 Å². The third kappa shape index (κ3) is 8.03. The molecule has 5 spiro atoms. The number of rotatable bonds is 0. The third-order valence-electron chi connectivity index (χ3n) is 12.4. The van der Waals surface area contributed by atoms with Gasteiger partial charge in [0.2, 0.25) is 0 Å². The van der Waals surface area contributed by atoms with Gasteiger partial charge in [0, 0.05) is 31.6 Å². The number of hydrogen-bond donors (Lipinski definition) is 5. The van der Waals surface area contributed by atoms with E-state index in [4.69, 9.17) is 4.74 Å². The van der Waals surface area contributed by atoms with Gasteiger partial charge in [-0.15, -0.1) is 0 Å². The summed E-state index contributed by atoms with van der Waals surface area (Å²) in [4.78, 5) is 0. The Kier molecular flexibility index (Phi) is 10.6. The smallest absolute Gasteiger partial charge is 0.0597 e. The quantitative estimate of drug-likeness (QED) is 0.216. The highest BCUT2D eigenvalue weighted by molar-refractivity contribution is 5.12. The molecule has 3 saturated heterocycles. The molecule has 6 aliphatic heterocycles. The zero-order valence-electron chi connectivity index (χ0n) is 27.4. The number of ether oxygens (including phenoxy) is 1. The van der Waals surface area contributed by atoms with Gasteiger partial charge in [0.1, 0.15) is 0 Å². The van der Waals surface area contributed by atoms with Gasteiger partial charge in [-0.1, -0.05) is 55.4 Å². The predicted molar refractivity (Wildman–Crippen MR) is 183 cm³/mol. The molecule has 2 saturated carbocycles. The van der Waals surface area contributed by atoms with Gasteiger partial charge in [0.25, 0.3) is 0 Å². The normalized spacial score (nSPS) is 29.8. The lowest BCUT2D eigenvalue weighted by Crippen LogP contribution is -2.43. The van der Waals surface area contributed by atoms with Gasteiger partial charge in [0.05, 0.1) is 18.6 Å². The van der Waals surface area contributed by atoms with Crippen molar-refractivity contribution in [1.29, 1.82) is 0 Å². The zero-order valence-corrected chi connectivity index (χ0v) is 27.4. The van der Waals surface area contributed by atoms with Crippen molar-refractivity contribution in [3.8, 4) is 0 Å². The topological polar surface area (TPSA) is 69.4 Å². The molecular weight excluding hydrogens is 542 g/mol. The summed E-state index contributed by atoms with van der Waals surface area (Å²) in [6.45, 7) is 10.3. The molecule has 244 valence electrons. The first-order valence-electron chi connectivity index (χ1n) is 18.1. The second-order valence-electron chi connectivity index (χ2n) is 15.7. The molecule has 5 fully saturated rings. The number of hydrogen-bond acceptors (Lipinski definition) is 6. The van der Waals surface area contributed by atoms with Crippen LogP contribution in [0, 0.1) is 27.1 Å². The summed E-state index contributed by atoms with van der Waals surface area (Å²) in [6.07, 6.45) is 41.9. The van der Waals surface area contributed by atoms with E-state index in [1.807, 2.05) is 6.20 Å². The van der Waals surface area contributed by atoms with Gasteiger partial charge in [-0.25, -0.2) is 0 Å². The lowest BCUT2D eigenvalue weighted by atomic mass is 9.66. The maximum atomic E-state index is 5.07. The summed E-state index contributed by atoms with van der Waals surface area (Å²) in [5, 5.41) is 16.4. The van der Waals surface area contributed by atoms with E-state index >= 15 is 0 Å². The average molecular weight is 604 g/mol. The Balaban J connectivity index is 0.0000000976. The lowest BCUT2D eigenvalue weighted by Gasteiger charge is -2.41. The summed E-state index contributed by atoms with van der Waals surface area (Å²) in [6, 6.07) is 0. The molecule has 4 aliphatic carbocycles. The Bertz CT molecular complexity index is 997. The monoisotopic (exact) mass is 603 g/mol. The third-order valence-corrected chi connectivity index (χ3v) is 12.4. The first-order valence-corrected chi connectivity index (χ1v) is 18.1. The fourth-order valence-electron chi connectivity index (χ4n) is 8.43. The molecule has 6 heterocycles. The molecule has 0 radical (unpaired) electrons. The molecule has 0 aromatic carbocycles. The van der Waals surface area contributed by atoms with Gasteiger partial charge in [-0.2, -0.15) is 0 Å². The SMILES string of the molecule is C1=CC2(CCC2)CCN1.C1=CC2(CCC2)CN1.C1=CC2(CN1)COC2.C1=CCC2(C1)CCNC2.C1=CCC2(C1)CCNCC2. The summed E-state index contributed by atoms with van der Waals surface area (Å²) < 4.78 is 5.07. The summed E-state index contributed by atoms with van der Waals surface area (Å²) in [5.74, 6) is 0. The Morgan fingerprint density at radius 1 is 0.432 bits per heavy atom. The fraction of sp³-hybridized carbons (Fsp3) is 0.737. The van der Waals surface area contributed by atoms with Crippen LogP contribution in [-0.2, 0) is 4.74 Å². The van der Waals surface area contributed by atoms with Crippen molar-refractivity contribution >= 4 is 0 Å². The van der Waals surface area contributed by atoms with Gasteiger partial charge in [0.15, 0.2) is 0 Å². The number of piperidine rings is 1. The Hall–Kier alpha value is -2.02. The second-order valence-corrected chi connectivity index (χ2v) is 15.7. The number of nitrogens with one attached hydrogen (secondary N) is 5. The minimum absolute atomic E-state index is 0.403. The van der Waals surface area contributed by atoms with Crippen LogP contribution in [0.2, 0.25) is 0 Å². The highest BCUT2D eigenvalue weighted by atomic mass is 16.5. The van der Waals surface area contributed by atoms with E-state index in [0.29, 0.717) is 27.1 Å². The van der Waals surface area contributed by atoms with Crippen molar-refractivity contribution in [2.45, 2.75) is 89.9 Å². The first kappa shape index (κ1) is 31.9. The van der Waals surface area contributed by atoms with Crippen molar-refractivity contribution in [2.24, 2.45) is 27.1 Å². The van der Waals surface area contributed by atoms with E-state index in [1.165, 1.54) is 129 Å². The second kappa shape index (κ2) is 14.6. The highest BCUT2D eigenvalue weighted by Gasteiger charge is 2.38. The van der Waals surface area contributed by atoms with Crippen LogP contribution in [0.5, 0.6) is 0 Å². The summed E-state index contributed by atoms with van der Waals surface area (Å²) in [5.41, 5.74) is 3.05. The van der Waals surface area contributed by atoms with Gasteiger partial charge in [-0.3, -0.25) is 0 Å². The molecule has 0 atom stereocenters. The molecule has 6 heteroatoms. The Labute approximate surface area is 268 Å². The van der Waals surface area contributed by atoms with Crippen LogP contribution in [0.1, 0.15) is 89.9 Å². The maximum absolute atomic E-state index is 5.07. The van der Waals surface area contributed by atoms with Crippen LogP contribution in [0.3, 0.4) is 0 Å². The van der Waals surface area contributed by atoms with Gasteiger partial charge in [-0.05, 0) is 132 Å². The molecule has 0 amide bonds. The van der Waals surface area contributed by atoms with E-state index in [0.717, 1.165) is 19.8 Å². The molecule has 0 aromatic rings. The molecule has 10 aliphatic rings. The molecule has 44 heavy (non-hydrogen) atoms. The van der Waals surface area contributed by atoms with E-state index in [9.17, 15) is 0 Å². The Morgan fingerprint density at radius 3 is 1.32 bits per heavy atom. The van der Waals surface area contributed by atoms with Crippen LogP contribution in [0.15, 0.2) is 61.1 Å². The van der Waals surface area contributed by atoms with Gasteiger partial charge < -0.3 is 31.3 Å². The van der Waals surface area contributed by atoms with Crippen molar-refractivity contribution in [3.63, 3.8) is 0 Å². The lowest BCUT2D eigenvalue weighted by molar-refractivity contribution is -0.0744. The molecule has 0 aromatic heterocycles. The van der Waals surface area contributed by atoms with Crippen LogP contribution < -0.4 is 26.6 Å². The molecule has 0 unspecified atom stereocenters. The molecule has 5 N–H and O–H groups in total. The summed E-state index contributed by atoms with van der Waals surface area (Å²) >= 11 is 0. The van der Waals surface area contributed by atoms with Crippen molar-refractivity contribution in [2.75, 3.05) is 59.0 Å². The van der Waals surface area contributed by atoms with Crippen molar-refractivity contribution < 1.29 is 4.74 Å². The number of allylic oxidation sites excluding steroid dienone is 5. The van der Waals surface area contributed by atoms with Crippen molar-refractivity contribution in [3.05, 3.63) is 61.1 Å². The molecule has 10 rings (SSSR count). The van der Waals surface area contributed by atoms with Crippen LogP contribution in [0.4, 0.5) is 0 Å². The van der Waals surface area contributed by atoms with E-state index < -0.39 is 0 Å². The van der Waals surface area contributed by atoms with Crippen LogP contribution in [0.25, 0.3) is 0 Å². The standard InChI is InChI=1S/C9H15N.2C8H13N.C7H11N.C6H9NO/c1-2-4-9(3-1)5-7-10-8-6-9;1-2-8(3-1)4-6-9-7-5-8;1-2-4-8(3-1)5-6-9-7-8;1-2-7(3-1)4-5-8-6-7;1-2-7-3-6(1)4-8-5-6/h1-2,10H,3-8H2;4,6,9H,1-3,5,7H2;1-2,9H,3-7H2;4-5,8H,1-3,6H2;1-2,7H,3-5H2. The van der Waals surface area contributed by atoms with Crippen LogP contribution in [-0.4, -0.2) is 59.0 Å². The predicted octanol–water partition coefficient (Wildman–Crippen LogP) is 6.08. The maximum Gasteiger partial charge on any atom is 0.0597 e. The highest BCUT2D eigenvalue weighted by Crippen LogP contribution is 2.46. The average Bonchev–Trinajstić information content (AvgIpc) is 3.86. The molecule has 6 nitrogen and oxygen atoms in total. The minimum Gasteiger partial charge on any atom is -0.391 e.